The van der Waals surface area contributed by atoms with Gasteiger partial charge in [0.2, 0.25) is 5.91 Å². The summed E-state index contributed by atoms with van der Waals surface area (Å²) in [7, 11) is 0. The van der Waals surface area contributed by atoms with Crippen molar-refractivity contribution in [3.8, 4) is 0 Å². The summed E-state index contributed by atoms with van der Waals surface area (Å²) in [5.74, 6) is 0.137. The third-order valence-electron chi connectivity index (χ3n) is 4.30. The van der Waals surface area contributed by atoms with Gasteiger partial charge in [0.15, 0.2) is 10.9 Å². The van der Waals surface area contributed by atoms with Crippen LogP contribution in [0.25, 0.3) is 0 Å². The molecule has 2 rings (SSSR count). The molecule has 0 fully saturated rings. The van der Waals surface area contributed by atoms with E-state index in [2.05, 4.69) is 36.6 Å². The molecule has 0 aliphatic heterocycles. The summed E-state index contributed by atoms with van der Waals surface area (Å²) in [5.41, 5.74) is 3.57. The van der Waals surface area contributed by atoms with Crippen molar-refractivity contribution in [1.82, 2.24) is 5.32 Å². The molecule has 0 saturated heterocycles. The Kier molecular flexibility index (Phi) is 7.25. The van der Waals surface area contributed by atoms with Crippen LogP contribution in [0.3, 0.4) is 0 Å². The Morgan fingerprint density at radius 1 is 0.963 bits per heavy atom. The lowest BCUT2D eigenvalue weighted by Gasteiger charge is -2.15. The van der Waals surface area contributed by atoms with Gasteiger partial charge in [-0.15, -0.1) is 0 Å². The Balaban J connectivity index is 1.92. The molecular formula is C22H26N2O2S. The van der Waals surface area contributed by atoms with Gasteiger partial charge in [0.05, 0.1) is 5.92 Å². The minimum atomic E-state index is -0.307. The quantitative estimate of drug-likeness (QED) is 0.561. The molecule has 27 heavy (non-hydrogen) atoms. The molecule has 1 amide bonds. The molecular weight excluding hydrogens is 356 g/mol. The number of anilines is 1. The van der Waals surface area contributed by atoms with E-state index in [0.717, 1.165) is 17.7 Å². The van der Waals surface area contributed by atoms with Crippen molar-refractivity contribution < 1.29 is 9.59 Å². The molecule has 0 aromatic heterocycles. The van der Waals surface area contributed by atoms with E-state index in [1.807, 2.05) is 19.1 Å². The van der Waals surface area contributed by atoms with Gasteiger partial charge in [-0.25, -0.2) is 0 Å². The van der Waals surface area contributed by atoms with Crippen LogP contribution in [0, 0.1) is 5.92 Å². The van der Waals surface area contributed by atoms with Gasteiger partial charge in [-0.1, -0.05) is 38.1 Å². The minimum absolute atomic E-state index is 0.00525. The lowest BCUT2D eigenvalue weighted by atomic mass is 9.96. The molecule has 0 spiro atoms. The highest BCUT2D eigenvalue weighted by Crippen LogP contribution is 2.18. The van der Waals surface area contributed by atoms with E-state index >= 15 is 0 Å². The number of rotatable bonds is 6. The van der Waals surface area contributed by atoms with Crippen molar-refractivity contribution in [3.05, 3.63) is 65.2 Å². The molecule has 0 aliphatic carbocycles. The van der Waals surface area contributed by atoms with Gasteiger partial charge in [0.1, 0.15) is 0 Å². The summed E-state index contributed by atoms with van der Waals surface area (Å²) >= 11 is 5.22. The molecule has 142 valence electrons. The standard InChI is InChI=1S/C22H26N2O2S/c1-14(2)13-17-5-7-18(8-6-17)15(3)21(26)24-22(27)23-20-11-9-19(10-12-20)16(4)25/h5-12,14-15H,13H2,1-4H3,(H2,23,24,26,27). The highest BCUT2D eigenvalue weighted by molar-refractivity contribution is 7.80. The molecule has 1 unspecified atom stereocenters. The molecule has 0 heterocycles. The average molecular weight is 383 g/mol. The highest BCUT2D eigenvalue weighted by Gasteiger charge is 2.16. The van der Waals surface area contributed by atoms with Crippen LogP contribution in [0.15, 0.2) is 48.5 Å². The summed E-state index contributed by atoms with van der Waals surface area (Å²) in [4.78, 5) is 23.8. The van der Waals surface area contributed by atoms with Crippen LogP contribution in [-0.2, 0) is 11.2 Å². The van der Waals surface area contributed by atoms with Crippen LogP contribution >= 0.6 is 12.2 Å². The van der Waals surface area contributed by atoms with Crippen molar-refractivity contribution in [2.45, 2.75) is 40.0 Å². The van der Waals surface area contributed by atoms with E-state index in [1.165, 1.54) is 12.5 Å². The first-order valence-electron chi connectivity index (χ1n) is 9.08. The SMILES string of the molecule is CC(=O)c1ccc(NC(=S)NC(=O)C(C)c2ccc(CC(C)C)cc2)cc1. The predicted octanol–water partition coefficient (Wildman–Crippen LogP) is 4.70. The Bertz CT molecular complexity index is 811. The molecule has 1 atom stereocenters. The van der Waals surface area contributed by atoms with Gasteiger partial charge < -0.3 is 10.6 Å². The average Bonchev–Trinajstić information content (AvgIpc) is 2.61. The Hall–Kier alpha value is -2.53. The fourth-order valence-corrected chi connectivity index (χ4v) is 2.95. The minimum Gasteiger partial charge on any atom is -0.332 e. The number of amides is 1. The largest absolute Gasteiger partial charge is 0.332 e. The Morgan fingerprint density at radius 2 is 1.56 bits per heavy atom. The number of benzene rings is 2. The molecule has 4 nitrogen and oxygen atoms in total. The number of thiocarbonyl (C=S) groups is 1. The normalized spacial score (nSPS) is 11.7. The van der Waals surface area contributed by atoms with Crippen molar-refractivity contribution in [3.63, 3.8) is 0 Å². The van der Waals surface area contributed by atoms with Crippen molar-refractivity contribution in [2.24, 2.45) is 5.92 Å². The number of nitrogens with one attached hydrogen (secondary N) is 2. The van der Waals surface area contributed by atoms with Crippen LogP contribution in [0.1, 0.15) is 55.1 Å². The Labute approximate surface area is 166 Å². The number of hydrogen-bond acceptors (Lipinski definition) is 3. The van der Waals surface area contributed by atoms with E-state index in [-0.39, 0.29) is 22.7 Å². The second-order valence-electron chi connectivity index (χ2n) is 7.14. The third-order valence-corrected chi connectivity index (χ3v) is 4.51. The maximum atomic E-state index is 12.5. The van der Waals surface area contributed by atoms with E-state index < -0.39 is 0 Å². The number of carbonyl (C=O) groups is 2. The zero-order valence-electron chi connectivity index (χ0n) is 16.2. The summed E-state index contributed by atoms with van der Waals surface area (Å²) in [6.07, 6.45) is 1.03. The van der Waals surface area contributed by atoms with Crippen molar-refractivity contribution >= 4 is 34.7 Å². The number of hydrogen-bond donors (Lipinski definition) is 2. The summed E-state index contributed by atoms with van der Waals surface area (Å²) in [5, 5.41) is 5.92. The highest BCUT2D eigenvalue weighted by atomic mass is 32.1. The van der Waals surface area contributed by atoms with Gasteiger partial charge in [-0.2, -0.15) is 0 Å². The topological polar surface area (TPSA) is 58.2 Å². The number of Topliss-reactive ketones (excluding diaryl/α,β-unsaturated/α-hetero) is 1. The first-order valence-corrected chi connectivity index (χ1v) is 9.48. The van der Waals surface area contributed by atoms with Crippen LogP contribution < -0.4 is 10.6 Å². The van der Waals surface area contributed by atoms with Crippen LogP contribution in [0.4, 0.5) is 5.69 Å². The maximum absolute atomic E-state index is 12.5. The molecule has 0 aliphatic rings. The molecule has 2 aromatic carbocycles. The monoisotopic (exact) mass is 382 g/mol. The van der Waals surface area contributed by atoms with Gasteiger partial charge in [-0.05, 0) is 73.8 Å². The molecule has 0 bridgehead atoms. The van der Waals surface area contributed by atoms with Gasteiger partial charge in [0.25, 0.3) is 0 Å². The van der Waals surface area contributed by atoms with E-state index in [0.29, 0.717) is 11.5 Å². The van der Waals surface area contributed by atoms with E-state index in [4.69, 9.17) is 12.2 Å². The first kappa shape index (κ1) is 20.8. The third kappa shape index (κ3) is 6.29. The summed E-state index contributed by atoms with van der Waals surface area (Å²) < 4.78 is 0. The summed E-state index contributed by atoms with van der Waals surface area (Å²) in [6.45, 7) is 7.75. The van der Waals surface area contributed by atoms with Crippen molar-refractivity contribution in [2.75, 3.05) is 5.32 Å². The van der Waals surface area contributed by atoms with Crippen LogP contribution in [0.5, 0.6) is 0 Å². The fraction of sp³-hybridized carbons (Fsp3) is 0.318. The molecule has 0 saturated carbocycles. The molecule has 0 radical (unpaired) electrons. The molecule has 2 aromatic rings. The lowest BCUT2D eigenvalue weighted by molar-refractivity contribution is -0.120. The zero-order chi connectivity index (χ0) is 20.0. The maximum Gasteiger partial charge on any atom is 0.233 e. The van der Waals surface area contributed by atoms with Crippen LogP contribution in [0.2, 0.25) is 0 Å². The van der Waals surface area contributed by atoms with E-state index in [1.54, 1.807) is 24.3 Å². The molecule has 5 heteroatoms. The lowest BCUT2D eigenvalue weighted by Crippen LogP contribution is -2.36. The first-order chi connectivity index (χ1) is 12.8. The Morgan fingerprint density at radius 3 is 2.07 bits per heavy atom. The number of ketones is 1. The fourth-order valence-electron chi connectivity index (χ4n) is 2.74. The smallest absolute Gasteiger partial charge is 0.233 e. The van der Waals surface area contributed by atoms with E-state index in [9.17, 15) is 9.59 Å². The van der Waals surface area contributed by atoms with Gasteiger partial charge in [0, 0.05) is 11.3 Å². The van der Waals surface area contributed by atoms with Crippen molar-refractivity contribution in [1.29, 1.82) is 0 Å². The molecule has 2 N–H and O–H groups in total. The zero-order valence-corrected chi connectivity index (χ0v) is 17.0. The second kappa shape index (κ2) is 9.42. The summed E-state index contributed by atoms with van der Waals surface area (Å²) in [6, 6.07) is 15.1. The number of carbonyl (C=O) groups excluding carboxylic acids is 2. The van der Waals surface area contributed by atoms with Crippen LogP contribution in [-0.4, -0.2) is 16.8 Å². The predicted molar refractivity (Wildman–Crippen MR) is 114 cm³/mol. The van der Waals surface area contributed by atoms with Gasteiger partial charge in [-0.3, -0.25) is 9.59 Å². The second-order valence-corrected chi connectivity index (χ2v) is 7.55. The van der Waals surface area contributed by atoms with Gasteiger partial charge >= 0.3 is 0 Å².